The summed E-state index contributed by atoms with van der Waals surface area (Å²) in [6, 6.07) is 2.48. The predicted molar refractivity (Wildman–Crippen MR) is 84.0 cm³/mol. The van der Waals surface area contributed by atoms with Crippen LogP contribution in [0.5, 0.6) is 0 Å². The smallest absolute Gasteiger partial charge is 0.273 e. The molecule has 0 radical (unpaired) electrons. The molecule has 0 spiro atoms. The van der Waals surface area contributed by atoms with Crippen LogP contribution in [-0.2, 0) is 19.6 Å². The minimum absolute atomic E-state index is 0.0930. The number of aryl methyl sites for hydroxylation is 1. The Kier molecular flexibility index (Phi) is 5.23. The van der Waals surface area contributed by atoms with Crippen LogP contribution in [0.15, 0.2) is 16.3 Å². The minimum Gasteiger partial charge on any atom is -0.331 e. The molecule has 0 aliphatic carbocycles. The molecule has 2 amide bonds. The number of nitrogens with one attached hydrogen (secondary N) is 1. The maximum Gasteiger partial charge on any atom is 0.273 e. The molecule has 6 nitrogen and oxygen atoms in total. The molecule has 1 aromatic rings. The van der Waals surface area contributed by atoms with Crippen LogP contribution in [0.1, 0.15) is 37.5 Å². The third-order valence-electron chi connectivity index (χ3n) is 3.56. The van der Waals surface area contributed by atoms with Gasteiger partial charge in [0.05, 0.1) is 0 Å². The highest BCUT2D eigenvalue weighted by molar-refractivity contribution is 7.92. The van der Waals surface area contributed by atoms with Gasteiger partial charge in [-0.3, -0.25) is 9.59 Å². The largest absolute Gasteiger partial charge is 0.331 e. The van der Waals surface area contributed by atoms with Crippen LogP contribution in [0, 0.1) is 6.92 Å². The summed E-state index contributed by atoms with van der Waals surface area (Å²) in [5.74, 6) is -0.711. The lowest BCUT2D eigenvalue weighted by molar-refractivity contribution is -0.137. The van der Waals surface area contributed by atoms with E-state index in [0.29, 0.717) is 32.2 Å². The molecule has 1 aliphatic heterocycles. The zero-order chi connectivity index (χ0) is 16.3. The van der Waals surface area contributed by atoms with E-state index >= 15 is 0 Å². The summed E-state index contributed by atoms with van der Waals surface area (Å²) in [7, 11) is -3.86. The first-order valence-electron chi connectivity index (χ1n) is 7.27. The number of thiophene rings is 1. The summed E-state index contributed by atoms with van der Waals surface area (Å²) in [4.78, 5) is 26.6. The van der Waals surface area contributed by atoms with Crippen molar-refractivity contribution in [3.63, 3.8) is 0 Å². The topological polar surface area (TPSA) is 83.6 Å². The SMILES string of the molecule is CCCC(=O)N1CCC[C@@H]1C(=O)NS(=O)(=O)c1ccc(C)s1. The molecule has 8 heteroatoms. The van der Waals surface area contributed by atoms with Gasteiger partial charge in [-0.1, -0.05) is 6.92 Å². The van der Waals surface area contributed by atoms with Crippen molar-refractivity contribution in [3.8, 4) is 0 Å². The lowest BCUT2D eigenvalue weighted by atomic mass is 10.2. The molecule has 122 valence electrons. The Hall–Kier alpha value is -1.41. The molecule has 2 heterocycles. The van der Waals surface area contributed by atoms with Gasteiger partial charge in [0.25, 0.3) is 15.9 Å². The summed E-state index contributed by atoms with van der Waals surface area (Å²) in [5.41, 5.74) is 0. The maximum atomic E-state index is 12.3. The van der Waals surface area contributed by atoms with Gasteiger partial charge in [-0.05, 0) is 38.3 Å². The van der Waals surface area contributed by atoms with Crippen molar-refractivity contribution in [1.29, 1.82) is 0 Å². The van der Waals surface area contributed by atoms with Gasteiger partial charge in [0.15, 0.2) is 0 Å². The van der Waals surface area contributed by atoms with E-state index < -0.39 is 22.0 Å². The highest BCUT2D eigenvalue weighted by Crippen LogP contribution is 2.22. The van der Waals surface area contributed by atoms with E-state index in [4.69, 9.17) is 0 Å². The number of carbonyl (C=O) groups excluding carboxylic acids is 2. The maximum absolute atomic E-state index is 12.3. The monoisotopic (exact) mass is 344 g/mol. The second-order valence-corrected chi connectivity index (χ2v) is 8.53. The van der Waals surface area contributed by atoms with Crippen molar-refractivity contribution in [2.45, 2.75) is 49.8 Å². The average Bonchev–Trinajstić information content (AvgIpc) is 3.07. The number of amides is 2. The lowest BCUT2D eigenvalue weighted by Crippen LogP contribution is -2.47. The van der Waals surface area contributed by atoms with Crippen LogP contribution in [0.3, 0.4) is 0 Å². The van der Waals surface area contributed by atoms with Gasteiger partial charge in [0.1, 0.15) is 10.3 Å². The highest BCUT2D eigenvalue weighted by atomic mass is 32.2. The van der Waals surface area contributed by atoms with Crippen LogP contribution < -0.4 is 4.72 Å². The van der Waals surface area contributed by atoms with Gasteiger partial charge in [-0.25, -0.2) is 13.1 Å². The molecule has 0 bridgehead atoms. The first-order valence-corrected chi connectivity index (χ1v) is 9.57. The number of likely N-dealkylation sites (tertiary alicyclic amines) is 1. The van der Waals surface area contributed by atoms with Crippen LogP contribution in [0.4, 0.5) is 0 Å². The van der Waals surface area contributed by atoms with Crippen molar-refractivity contribution >= 4 is 33.2 Å². The summed E-state index contributed by atoms with van der Waals surface area (Å²) in [6.07, 6.45) is 2.29. The van der Waals surface area contributed by atoms with Crippen molar-refractivity contribution in [2.24, 2.45) is 0 Å². The molecule has 22 heavy (non-hydrogen) atoms. The Labute approximate surface area is 134 Å². The summed E-state index contributed by atoms with van der Waals surface area (Å²) >= 11 is 1.11. The summed E-state index contributed by atoms with van der Waals surface area (Å²) < 4.78 is 26.6. The molecule has 2 rings (SSSR count). The van der Waals surface area contributed by atoms with E-state index in [-0.39, 0.29) is 10.1 Å². The zero-order valence-corrected chi connectivity index (χ0v) is 14.3. The Morgan fingerprint density at radius 3 is 2.73 bits per heavy atom. The van der Waals surface area contributed by atoms with E-state index in [2.05, 4.69) is 4.72 Å². The van der Waals surface area contributed by atoms with E-state index in [1.807, 2.05) is 6.92 Å². The molecule has 1 fully saturated rings. The second kappa shape index (κ2) is 6.78. The Balaban J connectivity index is 2.09. The number of hydrogen-bond acceptors (Lipinski definition) is 5. The fraction of sp³-hybridized carbons (Fsp3) is 0.571. The summed E-state index contributed by atoms with van der Waals surface area (Å²) in [6.45, 7) is 4.20. The van der Waals surface area contributed by atoms with Crippen LogP contribution >= 0.6 is 11.3 Å². The Morgan fingerprint density at radius 1 is 1.41 bits per heavy atom. The van der Waals surface area contributed by atoms with Crippen molar-refractivity contribution < 1.29 is 18.0 Å². The second-order valence-electron chi connectivity index (χ2n) is 5.33. The van der Waals surface area contributed by atoms with Crippen molar-refractivity contribution in [1.82, 2.24) is 9.62 Å². The lowest BCUT2D eigenvalue weighted by Gasteiger charge is -2.23. The van der Waals surface area contributed by atoms with Crippen LogP contribution in [-0.4, -0.2) is 37.7 Å². The standard InChI is InChI=1S/C14H20N2O4S2/c1-3-5-12(17)16-9-4-6-11(16)14(18)15-22(19,20)13-8-7-10(2)21-13/h7-8,11H,3-6,9H2,1-2H3,(H,15,18)/t11-/m1/s1. The molecule has 1 aliphatic rings. The van der Waals surface area contributed by atoms with Gasteiger partial charge in [0.2, 0.25) is 5.91 Å². The molecule has 1 saturated heterocycles. The van der Waals surface area contributed by atoms with Crippen LogP contribution in [0.2, 0.25) is 0 Å². The minimum atomic E-state index is -3.86. The molecule has 0 aromatic carbocycles. The molecule has 1 atom stereocenters. The molecular weight excluding hydrogens is 324 g/mol. The molecular formula is C14H20N2O4S2. The predicted octanol–water partition coefficient (Wildman–Crippen LogP) is 1.65. The molecule has 0 saturated carbocycles. The quantitative estimate of drug-likeness (QED) is 0.880. The first-order chi connectivity index (χ1) is 10.3. The van der Waals surface area contributed by atoms with Gasteiger partial charge >= 0.3 is 0 Å². The fourth-order valence-corrected chi connectivity index (χ4v) is 4.80. The molecule has 0 unspecified atom stereocenters. The molecule has 1 aromatic heterocycles. The van der Waals surface area contributed by atoms with Crippen molar-refractivity contribution in [2.75, 3.05) is 6.54 Å². The zero-order valence-electron chi connectivity index (χ0n) is 12.7. The number of sulfonamides is 1. The summed E-state index contributed by atoms with van der Waals surface area (Å²) in [5, 5.41) is 0. The van der Waals surface area contributed by atoms with Crippen LogP contribution in [0.25, 0.3) is 0 Å². The van der Waals surface area contributed by atoms with Gasteiger partial charge in [0, 0.05) is 17.8 Å². The highest BCUT2D eigenvalue weighted by Gasteiger charge is 2.35. The average molecular weight is 344 g/mol. The van der Waals surface area contributed by atoms with E-state index in [1.54, 1.807) is 13.0 Å². The third-order valence-corrected chi connectivity index (χ3v) is 6.39. The van der Waals surface area contributed by atoms with Gasteiger partial charge in [-0.2, -0.15) is 0 Å². The fourth-order valence-electron chi connectivity index (χ4n) is 2.50. The van der Waals surface area contributed by atoms with Gasteiger partial charge < -0.3 is 4.90 Å². The number of carbonyl (C=O) groups is 2. The normalized spacial score (nSPS) is 18.5. The Bertz CT molecular complexity index is 666. The van der Waals surface area contributed by atoms with E-state index in [0.717, 1.165) is 16.2 Å². The number of rotatable bonds is 5. The van der Waals surface area contributed by atoms with Crippen molar-refractivity contribution in [3.05, 3.63) is 17.0 Å². The number of nitrogens with zero attached hydrogens (tertiary/aromatic N) is 1. The Morgan fingerprint density at radius 2 is 2.14 bits per heavy atom. The number of hydrogen-bond donors (Lipinski definition) is 1. The van der Waals surface area contributed by atoms with E-state index in [1.165, 1.54) is 11.0 Å². The molecule has 1 N–H and O–H groups in total. The first kappa shape index (κ1) is 17.0. The third kappa shape index (κ3) is 3.67. The van der Waals surface area contributed by atoms with E-state index in [9.17, 15) is 18.0 Å². The van der Waals surface area contributed by atoms with Gasteiger partial charge in [-0.15, -0.1) is 11.3 Å².